The number of nitrogens with one attached hydrogen (secondary N) is 1. The molecule has 0 aliphatic carbocycles. The van der Waals surface area contributed by atoms with Gasteiger partial charge in [-0.1, -0.05) is 11.6 Å². The molecular weight excluding hydrogens is 360 g/mol. The van der Waals surface area contributed by atoms with E-state index in [9.17, 15) is 9.59 Å². The Kier molecular flexibility index (Phi) is 5.18. The number of fused-ring (bicyclic) bond motifs is 1. The molecule has 1 N–H and O–H groups in total. The molecule has 0 saturated carbocycles. The molecule has 0 radical (unpaired) electrons. The lowest BCUT2D eigenvalue weighted by atomic mass is 10.2. The summed E-state index contributed by atoms with van der Waals surface area (Å²) >= 11 is 6.00. The van der Waals surface area contributed by atoms with E-state index in [1.807, 2.05) is 0 Å². The van der Waals surface area contributed by atoms with E-state index in [-0.39, 0.29) is 25.0 Å². The zero-order valence-electron chi connectivity index (χ0n) is 14.2. The van der Waals surface area contributed by atoms with Crippen LogP contribution in [-0.2, 0) is 9.59 Å². The molecule has 136 valence electrons. The van der Waals surface area contributed by atoms with Crippen LogP contribution in [0, 0.1) is 0 Å². The van der Waals surface area contributed by atoms with Crippen LogP contribution in [0.15, 0.2) is 36.4 Å². The maximum Gasteiger partial charge on any atom is 0.265 e. The van der Waals surface area contributed by atoms with Crippen molar-refractivity contribution in [3.05, 3.63) is 41.4 Å². The van der Waals surface area contributed by atoms with E-state index < -0.39 is 0 Å². The first-order chi connectivity index (χ1) is 12.5. The molecule has 0 saturated heterocycles. The summed E-state index contributed by atoms with van der Waals surface area (Å²) < 4.78 is 15.7. The molecule has 0 spiro atoms. The Hall–Kier alpha value is -2.93. The zero-order valence-corrected chi connectivity index (χ0v) is 15.0. The third-order valence-electron chi connectivity index (χ3n) is 3.80. The number of anilines is 2. The topological polar surface area (TPSA) is 77.1 Å². The number of methoxy groups -OCH3 is 2. The molecule has 2 aromatic rings. The highest BCUT2D eigenvalue weighted by molar-refractivity contribution is 6.31. The molecule has 7 nitrogen and oxygen atoms in total. The minimum absolute atomic E-state index is 0.130. The Morgan fingerprint density at radius 1 is 1.19 bits per heavy atom. The molecule has 2 aromatic carbocycles. The van der Waals surface area contributed by atoms with Crippen molar-refractivity contribution in [2.45, 2.75) is 0 Å². The first kappa shape index (κ1) is 17.9. The third-order valence-corrected chi connectivity index (χ3v) is 4.04. The van der Waals surface area contributed by atoms with Gasteiger partial charge in [0.15, 0.2) is 6.61 Å². The summed E-state index contributed by atoms with van der Waals surface area (Å²) in [6.45, 7) is -0.302. The predicted octanol–water partition coefficient (Wildman–Crippen LogP) is 2.72. The van der Waals surface area contributed by atoms with Crippen LogP contribution in [0.4, 0.5) is 11.4 Å². The van der Waals surface area contributed by atoms with E-state index in [4.69, 9.17) is 25.8 Å². The summed E-state index contributed by atoms with van der Waals surface area (Å²) in [7, 11) is 3.04. The molecule has 2 amide bonds. The Morgan fingerprint density at radius 3 is 2.54 bits per heavy atom. The highest BCUT2D eigenvalue weighted by Gasteiger charge is 2.27. The Labute approximate surface area is 155 Å². The highest BCUT2D eigenvalue weighted by atomic mass is 35.5. The Balaban J connectivity index is 1.78. The number of rotatable bonds is 5. The molecule has 0 aromatic heterocycles. The first-order valence-electron chi connectivity index (χ1n) is 7.76. The molecule has 0 atom stereocenters. The van der Waals surface area contributed by atoms with Crippen LogP contribution in [-0.4, -0.2) is 39.2 Å². The van der Waals surface area contributed by atoms with Crippen molar-refractivity contribution in [2.75, 3.05) is 37.6 Å². The minimum Gasteiger partial charge on any atom is -0.497 e. The van der Waals surface area contributed by atoms with Crippen molar-refractivity contribution < 1.29 is 23.8 Å². The average molecular weight is 377 g/mol. The number of ether oxygens (including phenoxy) is 3. The van der Waals surface area contributed by atoms with Gasteiger partial charge in [-0.15, -0.1) is 0 Å². The summed E-state index contributed by atoms with van der Waals surface area (Å²) in [4.78, 5) is 26.0. The number of nitrogens with zero attached hydrogens (tertiary/aromatic N) is 1. The molecule has 0 bridgehead atoms. The van der Waals surface area contributed by atoms with Crippen molar-refractivity contribution in [3.8, 4) is 17.2 Å². The van der Waals surface area contributed by atoms with Gasteiger partial charge in [0.05, 0.1) is 19.9 Å². The standard InChI is InChI=1S/C18H17ClN2O5/c1-24-13-6-12(7-14(8-13)25-2)20-17(22)9-21-15-5-11(19)3-4-16(15)26-10-18(21)23/h3-8H,9-10H2,1-2H3,(H,20,22). The van der Waals surface area contributed by atoms with E-state index in [1.165, 1.54) is 19.1 Å². The van der Waals surface area contributed by atoms with Gasteiger partial charge in [-0.05, 0) is 18.2 Å². The molecule has 1 aliphatic rings. The molecule has 8 heteroatoms. The van der Waals surface area contributed by atoms with E-state index in [0.717, 1.165) is 0 Å². The number of carbonyl (C=O) groups excluding carboxylic acids is 2. The summed E-state index contributed by atoms with van der Waals surface area (Å²) in [6, 6.07) is 9.94. The van der Waals surface area contributed by atoms with Crippen LogP contribution in [0.1, 0.15) is 0 Å². The maximum atomic E-state index is 12.5. The van der Waals surface area contributed by atoms with Crippen LogP contribution in [0.3, 0.4) is 0 Å². The van der Waals surface area contributed by atoms with Gasteiger partial charge in [-0.2, -0.15) is 0 Å². The maximum absolute atomic E-state index is 12.5. The molecule has 0 unspecified atom stereocenters. The molecule has 1 aliphatic heterocycles. The predicted molar refractivity (Wildman–Crippen MR) is 97.5 cm³/mol. The van der Waals surface area contributed by atoms with Crippen LogP contribution in [0.2, 0.25) is 5.02 Å². The summed E-state index contributed by atoms with van der Waals surface area (Å²) in [6.07, 6.45) is 0. The lowest BCUT2D eigenvalue weighted by Crippen LogP contribution is -2.43. The number of halogens is 1. The molecular formula is C18H17ClN2O5. The van der Waals surface area contributed by atoms with Gasteiger partial charge in [0.2, 0.25) is 5.91 Å². The largest absolute Gasteiger partial charge is 0.497 e. The lowest BCUT2D eigenvalue weighted by Gasteiger charge is -2.29. The minimum atomic E-state index is -0.374. The van der Waals surface area contributed by atoms with Crippen LogP contribution < -0.4 is 24.4 Å². The van der Waals surface area contributed by atoms with Crippen molar-refractivity contribution in [1.82, 2.24) is 0 Å². The highest BCUT2D eigenvalue weighted by Crippen LogP contribution is 2.34. The fourth-order valence-corrected chi connectivity index (χ4v) is 2.74. The number of carbonyl (C=O) groups is 2. The monoisotopic (exact) mass is 376 g/mol. The Morgan fingerprint density at radius 2 is 1.88 bits per heavy atom. The number of hydrogen-bond acceptors (Lipinski definition) is 5. The quantitative estimate of drug-likeness (QED) is 0.868. The normalized spacial score (nSPS) is 12.9. The third kappa shape index (κ3) is 3.83. The SMILES string of the molecule is COc1cc(NC(=O)CN2C(=O)COc3ccc(Cl)cc32)cc(OC)c1. The second-order valence-electron chi connectivity index (χ2n) is 5.53. The van der Waals surface area contributed by atoms with E-state index >= 15 is 0 Å². The van der Waals surface area contributed by atoms with Crippen molar-refractivity contribution in [1.29, 1.82) is 0 Å². The van der Waals surface area contributed by atoms with Gasteiger partial charge in [0.1, 0.15) is 23.8 Å². The molecule has 3 rings (SSSR count). The fourth-order valence-electron chi connectivity index (χ4n) is 2.57. The smallest absolute Gasteiger partial charge is 0.265 e. The average Bonchev–Trinajstić information content (AvgIpc) is 2.63. The van der Waals surface area contributed by atoms with Gasteiger partial charge in [-0.25, -0.2) is 0 Å². The van der Waals surface area contributed by atoms with Gasteiger partial charge >= 0.3 is 0 Å². The number of amides is 2. The first-order valence-corrected chi connectivity index (χ1v) is 8.13. The van der Waals surface area contributed by atoms with Gasteiger partial charge in [-0.3, -0.25) is 14.5 Å². The van der Waals surface area contributed by atoms with Crippen LogP contribution in [0.5, 0.6) is 17.2 Å². The summed E-state index contributed by atoms with van der Waals surface area (Å²) in [5.74, 6) is 0.892. The number of hydrogen-bond donors (Lipinski definition) is 1. The van der Waals surface area contributed by atoms with Crippen LogP contribution >= 0.6 is 11.6 Å². The van der Waals surface area contributed by atoms with Gasteiger partial charge < -0.3 is 19.5 Å². The van der Waals surface area contributed by atoms with Crippen molar-refractivity contribution >= 4 is 34.8 Å². The van der Waals surface area contributed by atoms with Gasteiger partial charge in [0, 0.05) is 28.9 Å². The second kappa shape index (κ2) is 7.53. The number of benzene rings is 2. The van der Waals surface area contributed by atoms with Crippen molar-refractivity contribution in [2.24, 2.45) is 0 Å². The van der Waals surface area contributed by atoms with Crippen LogP contribution in [0.25, 0.3) is 0 Å². The molecule has 0 fully saturated rings. The molecule has 1 heterocycles. The molecule has 26 heavy (non-hydrogen) atoms. The van der Waals surface area contributed by atoms with E-state index in [1.54, 1.807) is 36.4 Å². The van der Waals surface area contributed by atoms with E-state index in [0.29, 0.717) is 33.6 Å². The zero-order chi connectivity index (χ0) is 18.7. The fraction of sp³-hybridized carbons (Fsp3) is 0.222. The summed E-state index contributed by atoms with van der Waals surface area (Å²) in [5, 5.41) is 3.19. The van der Waals surface area contributed by atoms with Gasteiger partial charge in [0.25, 0.3) is 5.91 Å². The van der Waals surface area contributed by atoms with Crippen molar-refractivity contribution in [3.63, 3.8) is 0 Å². The Bertz CT molecular complexity index is 833. The lowest BCUT2D eigenvalue weighted by molar-refractivity contribution is -0.123. The second-order valence-corrected chi connectivity index (χ2v) is 5.97. The summed E-state index contributed by atoms with van der Waals surface area (Å²) in [5.41, 5.74) is 0.963. The van der Waals surface area contributed by atoms with E-state index in [2.05, 4.69) is 5.32 Å².